The van der Waals surface area contributed by atoms with Crippen molar-refractivity contribution < 1.29 is 28.6 Å². The average Bonchev–Trinajstić information content (AvgIpc) is 3.00. The number of allylic oxidation sites excluding steroid dienone is 2. The smallest absolute Gasteiger partial charge is 0.341 e. The molecule has 0 amide bonds. The number of rotatable bonds is 10. The normalized spacial score (nSPS) is 17.2. The Morgan fingerprint density at radius 1 is 1.33 bits per heavy atom. The van der Waals surface area contributed by atoms with E-state index in [0.717, 1.165) is 33.6 Å². The Morgan fingerprint density at radius 3 is 2.45 bits per heavy atom. The molecule has 6 nitrogen and oxygen atoms in total. The average molecular weight is 541 g/mol. The molecule has 33 heavy (non-hydrogen) atoms. The van der Waals surface area contributed by atoms with Crippen LogP contribution in [0, 0.1) is 12.8 Å². The Labute approximate surface area is 207 Å². The molecule has 0 saturated heterocycles. The number of carbonyl (C=O) groups is 2. The second kappa shape index (κ2) is 11.2. The number of benzene rings is 1. The zero-order valence-electron chi connectivity index (χ0n) is 20.9. The second-order valence-electron chi connectivity index (χ2n) is 9.79. The molecule has 2 atom stereocenters. The number of alkyl halides is 1. The van der Waals surface area contributed by atoms with Crippen molar-refractivity contribution >= 4 is 36.9 Å². The van der Waals surface area contributed by atoms with Crippen molar-refractivity contribution in [2.75, 3.05) is 12.4 Å². The highest BCUT2D eigenvalue weighted by Gasteiger charge is 2.41. The zero-order chi connectivity index (χ0) is 25.1. The van der Waals surface area contributed by atoms with Crippen molar-refractivity contribution in [2.45, 2.75) is 78.7 Å². The van der Waals surface area contributed by atoms with Gasteiger partial charge in [-0.2, -0.15) is 0 Å². The van der Waals surface area contributed by atoms with Gasteiger partial charge in [0.15, 0.2) is 0 Å². The summed E-state index contributed by atoms with van der Waals surface area (Å²) >= 11 is 3.34. The third-order valence-electron chi connectivity index (χ3n) is 5.82. The summed E-state index contributed by atoms with van der Waals surface area (Å²) in [6, 6.07) is 0. The number of hydrogen-bond donors (Lipinski definition) is 1. The lowest BCUT2D eigenvalue weighted by atomic mass is 9.76. The monoisotopic (exact) mass is 539 g/mol. The third-order valence-corrected chi connectivity index (χ3v) is 6.96. The number of methoxy groups -OCH3 is 1. The summed E-state index contributed by atoms with van der Waals surface area (Å²) in [4.78, 5) is 24.6. The molecule has 1 aliphatic heterocycles. The molecular weight excluding hydrogens is 504 g/mol. The number of cyclic esters (lactones) is 1. The molecule has 2 rings (SSSR count). The zero-order valence-corrected chi connectivity index (χ0v) is 23.5. The van der Waals surface area contributed by atoms with Crippen LogP contribution in [0.25, 0.3) is 0 Å². The lowest BCUT2D eigenvalue weighted by molar-refractivity contribution is -0.141. The summed E-state index contributed by atoms with van der Waals surface area (Å²) in [6.07, 6.45) is 2.93. The van der Waals surface area contributed by atoms with Crippen LogP contribution in [0.5, 0.6) is 5.75 Å². The molecule has 0 fully saturated rings. The molecule has 1 N–H and O–H groups in total. The fraction of sp³-hybridized carbons (Fsp3) is 0.600. The van der Waals surface area contributed by atoms with Crippen LogP contribution in [-0.2, 0) is 25.8 Å². The Morgan fingerprint density at radius 2 is 1.97 bits per heavy atom. The topological polar surface area (TPSA) is 82.1 Å². The van der Waals surface area contributed by atoms with Gasteiger partial charge in [0.05, 0.1) is 18.6 Å². The lowest BCUT2D eigenvalue weighted by Gasteiger charge is -2.28. The number of carboxylic acid groups (broad SMARTS) is 1. The van der Waals surface area contributed by atoms with Gasteiger partial charge in [-0.3, -0.25) is 4.79 Å². The summed E-state index contributed by atoms with van der Waals surface area (Å²) in [6.45, 7) is 14.1. The van der Waals surface area contributed by atoms with Crippen LogP contribution in [0.4, 0.5) is 0 Å². The maximum Gasteiger partial charge on any atom is 0.341 e. The van der Waals surface area contributed by atoms with Crippen molar-refractivity contribution in [3.8, 4) is 5.75 Å². The molecule has 0 spiro atoms. The van der Waals surface area contributed by atoms with E-state index in [4.69, 9.17) is 13.9 Å². The molecule has 1 aliphatic rings. The number of hydrogen-bond acceptors (Lipinski definition) is 5. The van der Waals surface area contributed by atoms with E-state index in [1.807, 2.05) is 26.9 Å². The van der Waals surface area contributed by atoms with Crippen LogP contribution in [0.3, 0.4) is 0 Å². The van der Waals surface area contributed by atoms with E-state index in [-0.39, 0.29) is 11.4 Å². The number of fused-ring (bicyclic) bond motifs is 1. The van der Waals surface area contributed by atoms with Gasteiger partial charge in [0.2, 0.25) is 15.3 Å². The number of carboxylic acids is 1. The van der Waals surface area contributed by atoms with Gasteiger partial charge in [0, 0.05) is 22.0 Å². The molecule has 0 aliphatic carbocycles. The Hall–Kier alpha value is -1.64. The number of esters is 1. The van der Waals surface area contributed by atoms with Gasteiger partial charge in [-0.1, -0.05) is 48.4 Å². The van der Waals surface area contributed by atoms with Gasteiger partial charge < -0.3 is 19.0 Å². The molecule has 0 bridgehead atoms. The van der Waals surface area contributed by atoms with Crippen LogP contribution in [0.15, 0.2) is 11.6 Å². The molecule has 8 heteroatoms. The SMILES string of the molecule is COc1c(C)c2c(c(C(C)(C)C)c1CC=C(C)CC(CCBr)C(=O)O)C(=O)OC2O[Si](C)C. The predicted octanol–water partition coefficient (Wildman–Crippen LogP) is 6.10. The molecule has 0 saturated carbocycles. The van der Waals surface area contributed by atoms with Crippen molar-refractivity contribution in [1.82, 2.24) is 0 Å². The largest absolute Gasteiger partial charge is 0.496 e. The van der Waals surface area contributed by atoms with Crippen LogP contribution in [0.1, 0.15) is 79.4 Å². The molecule has 0 aromatic heterocycles. The molecular formula is C25H36BrO6Si. The summed E-state index contributed by atoms with van der Waals surface area (Å²) in [5.41, 5.74) is 4.68. The number of ether oxygens (including phenoxy) is 2. The van der Waals surface area contributed by atoms with E-state index < -0.39 is 27.2 Å². The van der Waals surface area contributed by atoms with Crippen LogP contribution in [0.2, 0.25) is 13.1 Å². The van der Waals surface area contributed by atoms with E-state index in [0.29, 0.717) is 30.2 Å². The lowest BCUT2D eigenvalue weighted by Crippen LogP contribution is -2.21. The van der Waals surface area contributed by atoms with E-state index in [1.165, 1.54) is 0 Å². The molecule has 183 valence electrons. The van der Waals surface area contributed by atoms with Crippen molar-refractivity contribution in [3.63, 3.8) is 0 Å². The Kier molecular flexibility index (Phi) is 9.36. The van der Waals surface area contributed by atoms with Crippen LogP contribution in [-0.4, -0.2) is 38.5 Å². The molecule has 1 heterocycles. The van der Waals surface area contributed by atoms with Gasteiger partial charge in [0.25, 0.3) is 0 Å². The molecule has 1 aromatic carbocycles. The van der Waals surface area contributed by atoms with E-state index >= 15 is 0 Å². The number of aliphatic carboxylic acids is 1. The number of carbonyl (C=O) groups excluding carboxylic acids is 1. The third kappa shape index (κ3) is 6.28. The van der Waals surface area contributed by atoms with E-state index in [2.05, 4.69) is 42.8 Å². The fourth-order valence-electron chi connectivity index (χ4n) is 4.45. The van der Waals surface area contributed by atoms with Gasteiger partial charge in [-0.15, -0.1) is 0 Å². The maximum atomic E-state index is 13.0. The predicted molar refractivity (Wildman–Crippen MR) is 135 cm³/mol. The van der Waals surface area contributed by atoms with Gasteiger partial charge in [-0.05, 0) is 57.2 Å². The minimum atomic E-state index is -1.10. The quantitative estimate of drug-likeness (QED) is 0.167. The van der Waals surface area contributed by atoms with Crippen molar-refractivity contribution in [1.29, 1.82) is 0 Å². The van der Waals surface area contributed by atoms with E-state index in [9.17, 15) is 14.7 Å². The van der Waals surface area contributed by atoms with Gasteiger partial charge in [-0.25, -0.2) is 4.79 Å². The van der Waals surface area contributed by atoms with Gasteiger partial charge in [0.1, 0.15) is 5.75 Å². The van der Waals surface area contributed by atoms with Crippen LogP contribution >= 0.6 is 15.9 Å². The summed E-state index contributed by atoms with van der Waals surface area (Å²) in [5.74, 6) is -0.853. The minimum absolute atomic E-state index is 0.345. The Balaban J connectivity index is 2.62. The highest BCUT2D eigenvalue weighted by molar-refractivity contribution is 9.09. The first kappa shape index (κ1) is 27.6. The highest BCUT2D eigenvalue weighted by Crippen LogP contribution is 2.47. The first-order chi connectivity index (χ1) is 15.3. The molecule has 1 aromatic rings. The maximum absolute atomic E-state index is 13.0. The summed E-state index contributed by atoms with van der Waals surface area (Å²) in [5, 5.41) is 10.1. The summed E-state index contributed by atoms with van der Waals surface area (Å²) in [7, 11) is 0.540. The van der Waals surface area contributed by atoms with Crippen LogP contribution < -0.4 is 4.74 Å². The fourth-order valence-corrected chi connectivity index (χ4v) is 5.59. The molecule has 2 unspecified atom stereocenters. The first-order valence-electron chi connectivity index (χ1n) is 11.2. The second-order valence-corrected chi connectivity index (χ2v) is 12.6. The summed E-state index contributed by atoms with van der Waals surface area (Å²) < 4.78 is 17.6. The highest BCUT2D eigenvalue weighted by atomic mass is 79.9. The standard InChI is InChI=1S/C25H36BrO6Si/c1-14(13-16(11-12-26)22(27)28)9-10-17-20(25(3,4)5)19-18(15(2)21(17)30-6)24(31-23(19)29)32-33(7)8/h9,16,24H,10-13H2,1-8H3,(H,27,28). The van der Waals surface area contributed by atoms with Gasteiger partial charge >= 0.3 is 11.9 Å². The number of halogens is 1. The first-order valence-corrected chi connectivity index (χ1v) is 14.7. The minimum Gasteiger partial charge on any atom is -0.496 e. The van der Waals surface area contributed by atoms with E-state index in [1.54, 1.807) is 7.11 Å². The Bertz CT molecular complexity index is 932. The van der Waals surface area contributed by atoms with Crippen molar-refractivity contribution in [2.24, 2.45) is 5.92 Å². The molecule has 1 radical (unpaired) electrons. The van der Waals surface area contributed by atoms with Crippen molar-refractivity contribution in [3.05, 3.63) is 39.5 Å².